The maximum absolute atomic E-state index is 11.7. The van der Waals surface area contributed by atoms with E-state index in [-0.39, 0.29) is 12.3 Å². The second-order valence-corrected chi connectivity index (χ2v) is 3.98. The Balaban J connectivity index is 3.86. The lowest BCUT2D eigenvalue weighted by atomic mass is 10.3. The number of carbonyl (C=O) groups is 2. The molecule has 0 spiro atoms. The second-order valence-electron chi connectivity index (χ2n) is 3.98. The summed E-state index contributed by atoms with van der Waals surface area (Å²) in [7, 11) is 0. The van der Waals surface area contributed by atoms with Crippen molar-refractivity contribution in [3.63, 3.8) is 0 Å². The smallest absolute Gasteiger partial charge is 0.305 e. The molecule has 0 unspecified atom stereocenters. The molecular formula is C11H22N2O3. The molecule has 1 amide bonds. The van der Waals surface area contributed by atoms with Crippen LogP contribution in [0.5, 0.6) is 0 Å². The van der Waals surface area contributed by atoms with Crippen molar-refractivity contribution in [1.29, 1.82) is 0 Å². The topological polar surface area (TPSA) is 69.6 Å². The van der Waals surface area contributed by atoms with Crippen molar-refractivity contribution in [1.82, 2.24) is 10.2 Å². The lowest BCUT2D eigenvalue weighted by Crippen LogP contribution is -2.35. The molecule has 0 aromatic carbocycles. The van der Waals surface area contributed by atoms with Crippen molar-refractivity contribution in [3.8, 4) is 0 Å². The number of carboxylic acids is 1. The van der Waals surface area contributed by atoms with Gasteiger partial charge >= 0.3 is 5.97 Å². The predicted octanol–water partition coefficient (Wildman–Crippen LogP) is 0.698. The third-order valence-corrected chi connectivity index (χ3v) is 2.22. The van der Waals surface area contributed by atoms with Gasteiger partial charge in [-0.2, -0.15) is 0 Å². The molecule has 0 saturated carbocycles. The molecule has 2 N–H and O–H groups in total. The normalized spacial score (nSPS) is 10.5. The Labute approximate surface area is 96.8 Å². The Morgan fingerprint density at radius 1 is 1.31 bits per heavy atom. The Morgan fingerprint density at radius 3 is 2.38 bits per heavy atom. The van der Waals surface area contributed by atoms with Crippen molar-refractivity contribution in [3.05, 3.63) is 0 Å². The first-order chi connectivity index (χ1) is 7.47. The minimum Gasteiger partial charge on any atom is -0.481 e. The van der Waals surface area contributed by atoms with Gasteiger partial charge in [0.1, 0.15) is 0 Å². The van der Waals surface area contributed by atoms with Crippen LogP contribution in [-0.2, 0) is 9.59 Å². The Hall–Kier alpha value is -1.10. The molecule has 0 bridgehead atoms. The fraction of sp³-hybridized carbons (Fsp3) is 0.818. The monoisotopic (exact) mass is 230 g/mol. The molecule has 0 aliphatic rings. The number of carboxylic acid groups (broad SMARTS) is 1. The van der Waals surface area contributed by atoms with Crippen LogP contribution in [0.3, 0.4) is 0 Å². The number of nitrogens with one attached hydrogen (secondary N) is 1. The summed E-state index contributed by atoms with van der Waals surface area (Å²) in [5.74, 6) is -0.858. The van der Waals surface area contributed by atoms with Gasteiger partial charge in [-0.05, 0) is 6.92 Å². The molecule has 0 aliphatic heterocycles. The van der Waals surface area contributed by atoms with Crippen molar-refractivity contribution >= 4 is 11.9 Å². The van der Waals surface area contributed by atoms with Crippen molar-refractivity contribution in [2.45, 2.75) is 39.7 Å². The van der Waals surface area contributed by atoms with E-state index in [0.717, 1.165) is 0 Å². The van der Waals surface area contributed by atoms with Gasteiger partial charge < -0.3 is 15.3 Å². The van der Waals surface area contributed by atoms with Gasteiger partial charge in [0.25, 0.3) is 0 Å². The van der Waals surface area contributed by atoms with Crippen molar-refractivity contribution < 1.29 is 14.7 Å². The summed E-state index contributed by atoms with van der Waals surface area (Å²) in [5, 5.41) is 11.7. The highest BCUT2D eigenvalue weighted by Crippen LogP contribution is 1.96. The molecule has 94 valence electrons. The molecule has 5 nitrogen and oxygen atoms in total. The lowest BCUT2D eigenvalue weighted by Gasteiger charge is -2.20. The molecule has 0 heterocycles. The van der Waals surface area contributed by atoms with Gasteiger partial charge in [-0.15, -0.1) is 0 Å². The van der Waals surface area contributed by atoms with E-state index >= 15 is 0 Å². The fourth-order valence-corrected chi connectivity index (χ4v) is 1.32. The van der Waals surface area contributed by atoms with Gasteiger partial charge in [0.15, 0.2) is 0 Å². The first-order valence-electron chi connectivity index (χ1n) is 5.70. The number of nitrogens with zero attached hydrogens (tertiary/aromatic N) is 1. The molecule has 0 atom stereocenters. The lowest BCUT2D eigenvalue weighted by molar-refractivity contribution is -0.138. The van der Waals surface area contributed by atoms with Crippen LogP contribution in [0.15, 0.2) is 0 Å². The summed E-state index contributed by atoms with van der Waals surface area (Å²) < 4.78 is 0. The molecule has 0 aliphatic carbocycles. The minimum absolute atomic E-state index is 0.0110. The number of carbonyl (C=O) groups excluding carboxylic acids is 1. The number of hydrogen-bond donors (Lipinski definition) is 2. The standard InChI is InChI=1S/C11H22N2O3/c1-4-13(8-6-11(15)16)10(14)5-7-12-9(2)3/h9,12H,4-8H2,1-3H3,(H,15,16). The van der Waals surface area contributed by atoms with Gasteiger partial charge in [0.05, 0.1) is 6.42 Å². The number of aliphatic carboxylic acids is 1. The Morgan fingerprint density at radius 2 is 1.94 bits per heavy atom. The first-order valence-corrected chi connectivity index (χ1v) is 5.70. The minimum atomic E-state index is -0.869. The van der Waals surface area contributed by atoms with E-state index in [4.69, 9.17) is 5.11 Å². The molecule has 16 heavy (non-hydrogen) atoms. The van der Waals surface area contributed by atoms with Gasteiger partial charge in [-0.1, -0.05) is 13.8 Å². The van der Waals surface area contributed by atoms with Crippen LogP contribution in [0, 0.1) is 0 Å². The van der Waals surface area contributed by atoms with Crippen molar-refractivity contribution in [2.75, 3.05) is 19.6 Å². The largest absolute Gasteiger partial charge is 0.481 e. The van der Waals surface area contributed by atoms with E-state index in [1.165, 1.54) is 0 Å². The van der Waals surface area contributed by atoms with E-state index < -0.39 is 5.97 Å². The highest BCUT2D eigenvalue weighted by atomic mass is 16.4. The number of amides is 1. The van der Waals surface area contributed by atoms with Crippen LogP contribution in [0.2, 0.25) is 0 Å². The maximum atomic E-state index is 11.7. The maximum Gasteiger partial charge on any atom is 0.305 e. The molecule has 0 saturated heterocycles. The summed E-state index contributed by atoms with van der Waals surface area (Å²) in [5.41, 5.74) is 0. The highest BCUT2D eigenvalue weighted by Gasteiger charge is 2.12. The van der Waals surface area contributed by atoms with Crippen LogP contribution in [0.25, 0.3) is 0 Å². The summed E-state index contributed by atoms with van der Waals surface area (Å²) >= 11 is 0. The summed E-state index contributed by atoms with van der Waals surface area (Å²) in [4.78, 5) is 23.6. The number of hydrogen-bond acceptors (Lipinski definition) is 3. The third kappa shape index (κ3) is 7.23. The second kappa shape index (κ2) is 8.10. The first kappa shape index (κ1) is 14.9. The Kier molecular flexibility index (Phi) is 7.54. The Bertz CT molecular complexity index is 229. The zero-order chi connectivity index (χ0) is 12.6. The molecular weight excluding hydrogens is 208 g/mol. The van der Waals surface area contributed by atoms with Crippen LogP contribution in [-0.4, -0.2) is 47.6 Å². The average Bonchev–Trinajstić information content (AvgIpc) is 2.17. The predicted molar refractivity (Wildman–Crippen MR) is 62.3 cm³/mol. The quantitative estimate of drug-likeness (QED) is 0.644. The van der Waals surface area contributed by atoms with Gasteiger partial charge in [-0.25, -0.2) is 0 Å². The molecule has 0 radical (unpaired) electrons. The van der Waals surface area contributed by atoms with E-state index in [2.05, 4.69) is 5.32 Å². The molecule has 0 aromatic heterocycles. The molecule has 0 rings (SSSR count). The van der Waals surface area contributed by atoms with E-state index in [0.29, 0.717) is 32.1 Å². The molecule has 0 fully saturated rings. The van der Waals surface area contributed by atoms with Crippen LogP contribution in [0.1, 0.15) is 33.6 Å². The highest BCUT2D eigenvalue weighted by molar-refractivity contribution is 5.77. The van der Waals surface area contributed by atoms with E-state index in [1.807, 2.05) is 20.8 Å². The van der Waals surface area contributed by atoms with E-state index in [1.54, 1.807) is 4.90 Å². The zero-order valence-electron chi connectivity index (χ0n) is 10.3. The fourth-order valence-electron chi connectivity index (χ4n) is 1.32. The summed E-state index contributed by atoms with van der Waals surface area (Å²) in [6, 6.07) is 0.363. The van der Waals surface area contributed by atoms with Crippen LogP contribution >= 0.6 is 0 Å². The van der Waals surface area contributed by atoms with Gasteiger partial charge in [-0.3, -0.25) is 9.59 Å². The molecule has 0 aromatic rings. The van der Waals surface area contributed by atoms with E-state index in [9.17, 15) is 9.59 Å². The summed E-state index contributed by atoms with van der Waals surface area (Å²) in [6.45, 7) is 7.40. The number of rotatable bonds is 8. The zero-order valence-corrected chi connectivity index (χ0v) is 10.3. The van der Waals surface area contributed by atoms with Gasteiger partial charge in [0.2, 0.25) is 5.91 Å². The van der Waals surface area contributed by atoms with Crippen LogP contribution < -0.4 is 5.32 Å². The third-order valence-electron chi connectivity index (χ3n) is 2.22. The molecule has 5 heteroatoms. The van der Waals surface area contributed by atoms with Crippen LogP contribution in [0.4, 0.5) is 0 Å². The van der Waals surface area contributed by atoms with Gasteiger partial charge in [0, 0.05) is 32.1 Å². The summed E-state index contributed by atoms with van der Waals surface area (Å²) in [6.07, 6.45) is 0.433. The van der Waals surface area contributed by atoms with Crippen molar-refractivity contribution in [2.24, 2.45) is 0 Å². The average molecular weight is 230 g/mol. The SMILES string of the molecule is CCN(CCC(=O)O)C(=O)CCNC(C)C.